The van der Waals surface area contributed by atoms with Crippen LogP contribution >= 0.6 is 11.3 Å². The predicted octanol–water partition coefficient (Wildman–Crippen LogP) is 3.11. The van der Waals surface area contributed by atoms with E-state index in [1.54, 1.807) is 11.3 Å². The number of nitrogens with one attached hydrogen (secondary N) is 1. The van der Waals surface area contributed by atoms with Crippen molar-refractivity contribution in [1.82, 2.24) is 20.1 Å². The zero-order valence-corrected chi connectivity index (χ0v) is 12.6. The molecule has 0 spiro atoms. The van der Waals surface area contributed by atoms with Gasteiger partial charge in [-0.05, 0) is 19.9 Å². The minimum atomic E-state index is 0.782. The van der Waals surface area contributed by atoms with Crippen molar-refractivity contribution in [2.75, 3.05) is 0 Å². The van der Waals surface area contributed by atoms with Gasteiger partial charge in [-0.25, -0.2) is 4.98 Å². The van der Waals surface area contributed by atoms with Gasteiger partial charge in [0.25, 0.3) is 0 Å². The molecule has 2 aromatic heterocycles. The van der Waals surface area contributed by atoms with Crippen molar-refractivity contribution in [3.63, 3.8) is 0 Å². The van der Waals surface area contributed by atoms with E-state index in [1.165, 1.54) is 15.8 Å². The molecule has 5 heteroatoms. The van der Waals surface area contributed by atoms with Gasteiger partial charge in [0.15, 0.2) is 0 Å². The number of thiazole rings is 1. The van der Waals surface area contributed by atoms with Crippen molar-refractivity contribution in [2.45, 2.75) is 33.5 Å². The third-order valence-electron chi connectivity index (χ3n) is 3.29. The third kappa shape index (κ3) is 2.59. The first kappa shape index (κ1) is 13.3. The molecule has 0 aliphatic heterocycles. The summed E-state index contributed by atoms with van der Waals surface area (Å²) in [5.41, 5.74) is 2.32. The molecule has 0 atom stereocenters. The summed E-state index contributed by atoms with van der Waals surface area (Å²) in [6.07, 6.45) is 1.94. The van der Waals surface area contributed by atoms with E-state index < -0.39 is 0 Å². The van der Waals surface area contributed by atoms with Gasteiger partial charge in [-0.15, -0.1) is 11.3 Å². The number of aromatic nitrogens is 3. The average Bonchev–Trinajstić information content (AvgIpc) is 3.03. The zero-order valence-electron chi connectivity index (χ0n) is 11.8. The van der Waals surface area contributed by atoms with Crippen molar-refractivity contribution in [1.29, 1.82) is 0 Å². The first-order valence-corrected chi connectivity index (χ1v) is 7.66. The lowest BCUT2D eigenvalue weighted by Gasteiger charge is -2.00. The Morgan fingerprint density at radius 3 is 2.85 bits per heavy atom. The third-order valence-corrected chi connectivity index (χ3v) is 4.21. The first-order valence-electron chi connectivity index (χ1n) is 6.84. The molecule has 0 radical (unpaired) electrons. The normalized spacial score (nSPS) is 11.3. The maximum absolute atomic E-state index is 4.69. The molecule has 0 aliphatic rings. The van der Waals surface area contributed by atoms with Gasteiger partial charge in [0.2, 0.25) is 0 Å². The molecule has 0 fully saturated rings. The van der Waals surface area contributed by atoms with Crippen LogP contribution in [0.1, 0.15) is 22.5 Å². The molecular formula is C15H18N4S. The highest BCUT2D eigenvalue weighted by atomic mass is 32.1. The lowest BCUT2D eigenvalue weighted by Crippen LogP contribution is -2.12. The van der Waals surface area contributed by atoms with Crippen molar-refractivity contribution in [2.24, 2.45) is 0 Å². The number of fused-ring (bicyclic) bond motifs is 1. The van der Waals surface area contributed by atoms with Gasteiger partial charge >= 0.3 is 0 Å². The fraction of sp³-hybridized carbons (Fsp3) is 0.333. The van der Waals surface area contributed by atoms with Crippen LogP contribution in [0, 0.1) is 6.92 Å². The van der Waals surface area contributed by atoms with Gasteiger partial charge in [0.1, 0.15) is 0 Å². The molecule has 0 saturated heterocycles. The monoisotopic (exact) mass is 286 g/mol. The fourth-order valence-corrected chi connectivity index (χ4v) is 3.12. The first-order chi connectivity index (χ1) is 9.78. The second-order valence-electron chi connectivity index (χ2n) is 4.73. The minimum Gasteiger partial charge on any atom is -0.306 e. The summed E-state index contributed by atoms with van der Waals surface area (Å²) < 4.78 is 2.06. The van der Waals surface area contributed by atoms with E-state index in [0.29, 0.717) is 0 Å². The minimum absolute atomic E-state index is 0.782. The Kier molecular flexibility index (Phi) is 3.80. The lowest BCUT2D eigenvalue weighted by atomic mass is 10.2. The molecule has 3 rings (SSSR count). The Hall–Kier alpha value is -1.72. The predicted molar refractivity (Wildman–Crippen MR) is 82.8 cm³/mol. The van der Waals surface area contributed by atoms with Crippen molar-refractivity contribution < 1.29 is 0 Å². The summed E-state index contributed by atoms with van der Waals surface area (Å²) in [6.45, 7) is 6.68. The Labute approximate surface area is 122 Å². The second-order valence-corrected chi connectivity index (χ2v) is 6.05. The molecule has 2 heterocycles. The molecule has 1 aromatic carbocycles. The van der Waals surface area contributed by atoms with Crippen LogP contribution in [0.3, 0.4) is 0 Å². The quantitative estimate of drug-likeness (QED) is 0.783. The second kappa shape index (κ2) is 5.73. The molecule has 1 N–H and O–H groups in total. The average molecular weight is 286 g/mol. The van der Waals surface area contributed by atoms with E-state index in [0.717, 1.165) is 30.3 Å². The largest absolute Gasteiger partial charge is 0.306 e. The Morgan fingerprint density at radius 2 is 2.10 bits per heavy atom. The molecule has 104 valence electrons. The highest BCUT2D eigenvalue weighted by Crippen LogP contribution is 2.18. The number of rotatable bonds is 5. The van der Waals surface area contributed by atoms with Crippen LogP contribution in [-0.2, 0) is 19.6 Å². The SMILES string of the molecule is CCn1nc(CNCc2cnc(C)s2)c2ccccc21. The topological polar surface area (TPSA) is 42.7 Å². The zero-order chi connectivity index (χ0) is 13.9. The van der Waals surface area contributed by atoms with Gasteiger partial charge in [0.05, 0.1) is 16.2 Å². The van der Waals surface area contributed by atoms with Crippen LogP contribution in [0.5, 0.6) is 0 Å². The lowest BCUT2D eigenvalue weighted by molar-refractivity contribution is 0.634. The molecule has 0 saturated carbocycles. The summed E-state index contributed by atoms with van der Waals surface area (Å²) in [6, 6.07) is 8.40. The number of hydrogen-bond donors (Lipinski definition) is 1. The van der Waals surface area contributed by atoms with Crippen molar-refractivity contribution >= 4 is 22.2 Å². The highest BCUT2D eigenvalue weighted by molar-refractivity contribution is 7.11. The van der Waals surface area contributed by atoms with E-state index in [-0.39, 0.29) is 0 Å². The fourth-order valence-electron chi connectivity index (χ4n) is 2.36. The van der Waals surface area contributed by atoms with Crippen LogP contribution in [0.2, 0.25) is 0 Å². The number of benzene rings is 1. The summed E-state index contributed by atoms with van der Waals surface area (Å²) >= 11 is 1.74. The van der Waals surface area contributed by atoms with Gasteiger partial charge < -0.3 is 5.32 Å². The summed E-state index contributed by atoms with van der Waals surface area (Å²) in [7, 11) is 0. The standard InChI is InChI=1S/C15H18N4S/c1-3-19-15-7-5-4-6-13(15)14(18-19)10-16-8-12-9-17-11(2)20-12/h4-7,9,16H,3,8,10H2,1-2H3. The number of para-hydroxylation sites is 1. The van der Waals surface area contributed by atoms with Crippen LogP contribution in [0.4, 0.5) is 0 Å². The van der Waals surface area contributed by atoms with E-state index in [1.807, 2.05) is 13.1 Å². The Bertz CT molecular complexity index is 714. The van der Waals surface area contributed by atoms with Crippen LogP contribution in [-0.4, -0.2) is 14.8 Å². The molecule has 0 bridgehead atoms. The van der Waals surface area contributed by atoms with Gasteiger partial charge in [-0.3, -0.25) is 4.68 Å². The molecule has 4 nitrogen and oxygen atoms in total. The van der Waals surface area contributed by atoms with Gasteiger partial charge in [0, 0.05) is 36.1 Å². The molecular weight excluding hydrogens is 268 g/mol. The van der Waals surface area contributed by atoms with E-state index in [4.69, 9.17) is 0 Å². The molecule has 0 amide bonds. The molecule has 0 unspecified atom stereocenters. The smallest absolute Gasteiger partial charge is 0.0897 e. The van der Waals surface area contributed by atoms with Crippen LogP contribution in [0.15, 0.2) is 30.5 Å². The highest BCUT2D eigenvalue weighted by Gasteiger charge is 2.08. The Morgan fingerprint density at radius 1 is 1.25 bits per heavy atom. The molecule has 20 heavy (non-hydrogen) atoms. The summed E-state index contributed by atoms with van der Waals surface area (Å²) in [4.78, 5) is 5.53. The van der Waals surface area contributed by atoms with E-state index in [9.17, 15) is 0 Å². The van der Waals surface area contributed by atoms with Crippen molar-refractivity contribution in [3.8, 4) is 0 Å². The summed E-state index contributed by atoms with van der Waals surface area (Å²) in [5.74, 6) is 0. The van der Waals surface area contributed by atoms with E-state index >= 15 is 0 Å². The van der Waals surface area contributed by atoms with E-state index in [2.05, 4.69) is 51.3 Å². The molecule has 0 aliphatic carbocycles. The van der Waals surface area contributed by atoms with Gasteiger partial charge in [-0.1, -0.05) is 18.2 Å². The number of nitrogens with zero attached hydrogens (tertiary/aromatic N) is 3. The Balaban J connectivity index is 1.74. The van der Waals surface area contributed by atoms with Crippen LogP contribution < -0.4 is 5.32 Å². The maximum Gasteiger partial charge on any atom is 0.0897 e. The maximum atomic E-state index is 4.69. The van der Waals surface area contributed by atoms with Crippen molar-refractivity contribution in [3.05, 3.63) is 46.0 Å². The van der Waals surface area contributed by atoms with Gasteiger partial charge in [-0.2, -0.15) is 5.10 Å². The van der Waals surface area contributed by atoms with Crippen LogP contribution in [0.25, 0.3) is 10.9 Å². The molecule has 3 aromatic rings. The number of hydrogen-bond acceptors (Lipinski definition) is 4. The summed E-state index contributed by atoms with van der Waals surface area (Å²) in [5, 5.41) is 10.5. The number of aryl methyl sites for hydroxylation is 2.